The number of carbonyl (C=O) groups excluding carboxylic acids is 1. The number of hydrogen-bond acceptors (Lipinski definition) is 5. The second kappa shape index (κ2) is 8.11. The SMILES string of the molecule is Cc1ccc(-c2nnc(N3CCC(C(=O)NC4CCCCC4)CC3)o2)cc1. The molecule has 1 aliphatic carbocycles. The maximum Gasteiger partial charge on any atom is 0.318 e. The number of nitrogens with zero attached hydrogens (tertiary/aromatic N) is 3. The van der Waals surface area contributed by atoms with Crippen molar-refractivity contribution in [2.45, 2.75) is 57.9 Å². The van der Waals surface area contributed by atoms with Gasteiger partial charge in [0.15, 0.2) is 0 Å². The largest absolute Gasteiger partial charge is 0.403 e. The number of nitrogens with one attached hydrogen (secondary N) is 1. The van der Waals surface area contributed by atoms with Crippen LogP contribution in [0.25, 0.3) is 11.5 Å². The molecule has 1 saturated carbocycles. The number of aryl methyl sites for hydroxylation is 1. The second-order valence-electron chi connectivity index (χ2n) is 7.86. The first-order chi connectivity index (χ1) is 13.2. The van der Waals surface area contributed by atoms with Gasteiger partial charge in [-0.25, -0.2) is 0 Å². The van der Waals surface area contributed by atoms with E-state index < -0.39 is 0 Å². The molecule has 1 aromatic heterocycles. The highest BCUT2D eigenvalue weighted by molar-refractivity contribution is 5.79. The van der Waals surface area contributed by atoms with E-state index in [1.54, 1.807) is 0 Å². The van der Waals surface area contributed by atoms with Crippen molar-refractivity contribution in [3.8, 4) is 11.5 Å². The molecule has 27 heavy (non-hydrogen) atoms. The standard InChI is InChI=1S/C21H28N4O2/c1-15-7-9-17(10-8-15)20-23-24-21(27-20)25-13-11-16(12-14-25)19(26)22-18-5-3-2-4-6-18/h7-10,16,18H,2-6,11-14H2,1H3,(H,22,26). The maximum absolute atomic E-state index is 12.5. The lowest BCUT2D eigenvalue weighted by Crippen LogP contribution is -2.44. The van der Waals surface area contributed by atoms with E-state index in [4.69, 9.17) is 4.42 Å². The minimum atomic E-state index is 0.0997. The summed E-state index contributed by atoms with van der Waals surface area (Å²) in [6.07, 6.45) is 7.72. The Balaban J connectivity index is 1.31. The highest BCUT2D eigenvalue weighted by Gasteiger charge is 2.29. The molecular weight excluding hydrogens is 340 g/mol. The molecule has 2 aromatic rings. The predicted octanol–water partition coefficient (Wildman–Crippen LogP) is 3.71. The number of aromatic nitrogens is 2. The van der Waals surface area contributed by atoms with Gasteiger partial charge < -0.3 is 14.6 Å². The fraction of sp³-hybridized carbons (Fsp3) is 0.571. The van der Waals surface area contributed by atoms with Crippen LogP contribution < -0.4 is 10.2 Å². The van der Waals surface area contributed by atoms with E-state index in [-0.39, 0.29) is 11.8 Å². The van der Waals surface area contributed by atoms with Crippen LogP contribution in [0.5, 0.6) is 0 Å². The number of anilines is 1. The number of hydrogen-bond donors (Lipinski definition) is 1. The summed E-state index contributed by atoms with van der Waals surface area (Å²) in [6.45, 7) is 3.61. The van der Waals surface area contributed by atoms with Crippen LogP contribution in [0.2, 0.25) is 0 Å². The molecule has 1 aromatic carbocycles. The average molecular weight is 368 g/mol. The van der Waals surface area contributed by atoms with E-state index >= 15 is 0 Å². The fourth-order valence-electron chi connectivity index (χ4n) is 4.05. The third-order valence-corrected chi connectivity index (χ3v) is 5.80. The summed E-state index contributed by atoms with van der Waals surface area (Å²) in [4.78, 5) is 14.6. The lowest BCUT2D eigenvalue weighted by molar-refractivity contribution is -0.126. The Labute approximate surface area is 160 Å². The molecule has 1 saturated heterocycles. The first kappa shape index (κ1) is 18.0. The molecule has 1 N–H and O–H groups in total. The highest BCUT2D eigenvalue weighted by atomic mass is 16.4. The monoisotopic (exact) mass is 368 g/mol. The molecule has 4 rings (SSSR count). The van der Waals surface area contributed by atoms with Crippen LogP contribution in [0.1, 0.15) is 50.5 Å². The van der Waals surface area contributed by atoms with Crippen molar-refractivity contribution in [1.29, 1.82) is 0 Å². The maximum atomic E-state index is 12.5. The molecule has 0 atom stereocenters. The Hall–Kier alpha value is -2.37. The first-order valence-electron chi connectivity index (χ1n) is 10.1. The van der Waals surface area contributed by atoms with Gasteiger partial charge in [0, 0.05) is 30.6 Å². The van der Waals surface area contributed by atoms with Crippen molar-refractivity contribution in [2.75, 3.05) is 18.0 Å². The van der Waals surface area contributed by atoms with E-state index in [1.807, 2.05) is 24.3 Å². The third kappa shape index (κ3) is 4.31. The minimum Gasteiger partial charge on any atom is -0.403 e. The van der Waals surface area contributed by atoms with Crippen LogP contribution in [0.15, 0.2) is 28.7 Å². The van der Waals surface area contributed by atoms with Crippen molar-refractivity contribution >= 4 is 11.9 Å². The molecule has 0 spiro atoms. The average Bonchev–Trinajstić information content (AvgIpc) is 3.20. The van der Waals surface area contributed by atoms with Crippen molar-refractivity contribution < 1.29 is 9.21 Å². The van der Waals surface area contributed by atoms with Crippen LogP contribution in [0, 0.1) is 12.8 Å². The number of piperidine rings is 1. The number of rotatable bonds is 4. The van der Waals surface area contributed by atoms with Gasteiger partial charge in [0.05, 0.1) is 0 Å². The van der Waals surface area contributed by atoms with Crippen LogP contribution in [-0.4, -0.2) is 35.2 Å². The highest BCUT2D eigenvalue weighted by Crippen LogP contribution is 2.26. The Bertz CT molecular complexity index is 757. The van der Waals surface area contributed by atoms with Crippen molar-refractivity contribution in [3.05, 3.63) is 29.8 Å². The molecule has 1 aliphatic heterocycles. The van der Waals surface area contributed by atoms with E-state index in [0.717, 1.165) is 44.3 Å². The lowest BCUT2D eigenvalue weighted by atomic mass is 9.92. The quantitative estimate of drug-likeness (QED) is 0.891. The van der Waals surface area contributed by atoms with Crippen molar-refractivity contribution in [3.63, 3.8) is 0 Å². The third-order valence-electron chi connectivity index (χ3n) is 5.80. The second-order valence-corrected chi connectivity index (χ2v) is 7.86. The fourth-order valence-corrected chi connectivity index (χ4v) is 4.05. The van der Waals surface area contributed by atoms with E-state index in [1.165, 1.54) is 24.8 Å². The number of amides is 1. The Morgan fingerprint density at radius 3 is 2.44 bits per heavy atom. The van der Waals surface area contributed by atoms with E-state index in [0.29, 0.717) is 17.9 Å². The van der Waals surface area contributed by atoms with Crippen LogP contribution in [0.3, 0.4) is 0 Å². The summed E-state index contributed by atoms with van der Waals surface area (Å²) in [6, 6.07) is 9.00. The van der Waals surface area contributed by atoms with Crippen LogP contribution in [0.4, 0.5) is 6.01 Å². The smallest absolute Gasteiger partial charge is 0.318 e. The molecule has 2 aliphatic rings. The normalized spacial score (nSPS) is 19.2. The molecule has 2 fully saturated rings. The molecule has 0 bridgehead atoms. The number of carbonyl (C=O) groups is 1. The first-order valence-corrected chi connectivity index (χ1v) is 10.1. The Kier molecular flexibility index (Phi) is 5.41. The van der Waals surface area contributed by atoms with E-state index in [2.05, 4.69) is 27.3 Å². The number of benzene rings is 1. The summed E-state index contributed by atoms with van der Waals surface area (Å²) < 4.78 is 5.87. The molecule has 1 amide bonds. The summed E-state index contributed by atoms with van der Waals surface area (Å²) in [5, 5.41) is 11.7. The zero-order valence-corrected chi connectivity index (χ0v) is 16.0. The molecule has 6 nitrogen and oxygen atoms in total. The van der Waals surface area contributed by atoms with Gasteiger partial charge in [0.1, 0.15) is 0 Å². The Morgan fingerprint density at radius 2 is 1.74 bits per heavy atom. The topological polar surface area (TPSA) is 71.3 Å². The van der Waals surface area contributed by atoms with Gasteiger partial charge in [-0.3, -0.25) is 4.79 Å². The van der Waals surface area contributed by atoms with Crippen molar-refractivity contribution in [2.24, 2.45) is 5.92 Å². The van der Waals surface area contributed by atoms with Crippen LogP contribution in [-0.2, 0) is 4.79 Å². The summed E-state index contributed by atoms with van der Waals surface area (Å²) in [5.41, 5.74) is 2.13. The van der Waals surface area contributed by atoms with Gasteiger partial charge in [-0.15, -0.1) is 5.10 Å². The molecule has 0 radical (unpaired) electrons. The van der Waals surface area contributed by atoms with Crippen LogP contribution >= 0.6 is 0 Å². The molecule has 144 valence electrons. The molecule has 6 heteroatoms. The van der Waals surface area contributed by atoms with Gasteiger partial charge in [0.25, 0.3) is 0 Å². The predicted molar refractivity (Wildman–Crippen MR) is 104 cm³/mol. The lowest BCUT2D eigenvalue weighted by Gasteiger charge is -2.31. The minimum absolute atomic E-state index is 0.0997. The zero-order chi connectivity index (χ0) is 18.6. The molecule has 0 unspecified atom stereocenters. The van der Waals surface area contributed by atoms with Crippen molar-refractivity contribution in [1.82, 2.24) is 15.5 Å². The van der Waals surface area contributed by atoms with Gasteiger partial charge in [-0.05, 0) is 44.7 Å². The summed E-state index contributed by atoms with van der Waals surface area (Å²) in [5.74, 6) is 0.872. The van der Waals surface area contributed by atoms with Gasteiger partial charge in [0.2, 0.25) is 11.8 Å². The zero-order valence-electron chi connectivity index (χ0n) is 16.0. The van der Waals surface area contributed by atoms with E-state index in [9.17, 15) is 4.79 Å². The van der Waals surface area contributed by atoms with Gasteiger partial charge in [-0.1, -0.05) is 42.1 Å². The van der Waals surface area contributed by atoms with Gasteiger partial charge in [-0.2, -0.15) is 0 Å². The molecule has 2 heterocycles. The molecular formula is C21H28N4O2. The summed E-state index contributed by atoms with van der Waals surface area (Å²) >= 11 is 0. The summed E-state index contributed by atoms with van der Waals surface area (Å²) in [7, 11) is 0. The van der Waals surface area contributed by atoms with Gasteiger partial charge >= 0.3 is 6.01 Å². The Morgan fingerprint density at radius 1 is 1.04 bits per heavy atom.